The van der Waals surface area contributed by atoms with Gasteiger partial charge in [-0.15, -0.1) is 11.3 Å². The molecule has 0 unspecified atom stereocenters. The molecule has 1 heterocycles. The molecular weight excluding hydrogens is 348 g/mol. The number of rotatable bonds is 5. The quantitative estimate of drug-likeness (QED) is 0.488. The Hall–Kier alpha value is -3.17. The van der Waals surface area contributed by atoms with E-state index < -0.39 is 5.97 Å². The van der Waals surface area contributed by atoms with E-state index in [-0.39, 0.29) is 5.75 Å². The van der Waals surface area contributed by atoms with Crippen LogP contribution in [0.2, 0.25) is 0 Å². The molecule has 0 N–H and O–H groups in total. The molecule has 0 spiro atoms. The van der Waals surface area contributed by atoms with Gasteiger partial charge in [0, 0.05) is 22.7 Å². The fraction of sp³-hybridized carbons (Fsp3) is 0.150. The molecule has 5 nitrogen and oxygen atoms in total. The number of carbonyl (C=O) groups is 1. The molecule has 0 aliphatic heterocycles. The smallest absolute Gasteiger partial charge is 0.343 e. The lowest BCUT2D eigenvalue weighted by Crippen LogP contribution is -2.09. The Kier molecular flexibility index (Phi) is 5.30. The lowest BCUT2D eigenvalue weighted by Gasteiger charge is -2.11. The maximum absolute atomic E-state index is 12.4. The molecule has 0 bridgehead atoms. The SMILES string of the molecule is CCOc1cc(C#N)ccc1OC(=O)c1ccc(-c2nc(C)cs2)cc1. The van der Waals surface area contributed by atoms with Gasteiger partial charge in [0.2, 0.25) is 0 Å². The molecule has 2 aromatic carbocycles. The zero-order valence-corrected chi connectivity index (χ0v) is 15.2. The molecule has 26 heavy (non-hydrogen) atoms. The Labute approximate surface area is 155 Å². The number of aryl methyl sites for hydroxylation is 1. The fourth-order valence-electron chi connectivity index (χ4n) is 2.32. The Morgan fingerprint density at radius 3 is 2.58 bits per heavy atom. The van der Waals surface area contributed by atoms with Crippen molar-refractivity contribution in [2.24, 2.45) is 0 Å². The molecule has 1 aromatic heterocycles. The van der Waals surface area contributed by atoms with Crippen molar-refractivity contribution < 1.29 is 14.3 Å². The van der Waals surface area contributed by atoms with Crippen molar-refractivity contribution in [3.63, 3.8) is 0 Å². The molecule has 0 saturated heterocycles. The van der Waals surface area contributed by atoms with E-state index in [0.717, 1.165) is 16.3 Å². The van der Waals surface area contributed by atoms with E-state index in [1.807, 2.05) is 37.4 Å². The number of carbonyl (C=O) groups excluding carboxylic acids is 1. The van der Waals surface area contributed by atoms with Crippen molar-refractivity contribution in [2.45, 2.75) is 13.8 Å². The zero-order chi connectivity index (χ0) is 18.5. The summed E-state index contributed by atoms with van der Waals surface area (Å²) in [6.45, 7) is 4.17. The molecule has 0 amide bonds. The second kappa shape index (κ2) is 7.81. The first kappa shape index (κ1) is 17.6. The van der Waals surface area contributed by atoms with Crippen LogP contribution in [0.25, 0.3) is 10.6 Å². The summed E-state index contributed by atoms with van der Waals surface area (Å²) in [6.07, 6.45) is 0. The lowest BCUT2D eigenvalue weighted by molar-refractivity contribution is 0.0728. The largest absolute Gasteiger partial charge is 0.490 e. The summed E-state index contributed by atoms with van der Waals surface area (Å²) >= 11 is 1.56. The number of ether oxygens (including phenoxy) is 2. The van der Waals surface area contributed by atoms with Crippen LogP contribution in [-0.4, -0.2) is 17.6 Å². The highest BCUT2D eigenvalue weighted by Gasteiger charge is 2.14. The first-order chi connectivity index (χ1) is 12.6. The molecule has 0 aliphatic rings. The van der Waals surface area contributed by atoms with Crippen LogP contribution in [0, 0.1) is 18.3 Å². The molecule has 0 aliphatic carbocycles. The van der Waals surface area contributed by atoms with E-state index in [9.17, 15) is 4.79 Å². The standard InChI is InChI=1S/C20H16N2O3S/c1-3-24-18-10-14(11-21)4-9-17(18)25-20(23)16-7-5-15(6-8-16)19-22-13(2)12-26-19/h4-10,12H,3H2,1-2H3. The van der Waals surface area contributed by atoms with E-state index >= 15 is 0 Å². The predicted octanol–water partition coefficient (Wildman–Crippen LogP) is 4.61. The van der Waals surface area contributed by atoms with Gasteiger partial charge in [-0.25, -0.2) is 9.78 Å². The summed E-state index contributed by atoms with van der Waals surface area (Å²) in [5.74, 6) is 0.169. The number of thiazole rings is 1. The average molecular weight is 364 g/mol. The summed E-state index contributed by atoms with van der Waals surface area (Å²) < 4.78 is 10.9. The van der Waals surface area contributed by atoms with Gasteiger partial charge in [0.15, 0.2) is 11.5 Å². The summed E-state index contributed by atoms with van der Waals surface area (Å²) in [7, 11) is 0. The van der Waals surface area contributed by atoms with Crippen molar-refractivity contribution in [1.29, 1.82) is 5.26 Å². The van der Waals surface area contributed by atoms with Gasteiger partial charge in [0.1, 0.15) is 5.01 Å². The van der Waals surface area contributed by atoms with Crippen LogP contribution in [0.1, 0.15) is 28.5 Å². The summed E-state index contributed by atoms with van der Waals surface area (Å²) in [6, 6.07) is 13.8. The van der Waals surface area contributed by atoms with Crippen LogP contribution in [0.3, 0.4) is 0 Å². The minimum absolute atomic E-state index is 0.287. The first-order valence-electron chi connectivity index (χ1n) is 8.02. The number of nitriles is 1. The van der Waals surface area contributed by atoms with Crippen LogP contribution >= 0.6 is 11.3 Å². The van der Waals surface area contributed by atoms with Gasteiger partial charge in [-0.05, 0) is 38.1 Å². The summed E-state index contributed by atoms with van der Waals surface area (Å²) in [5.41, 5.74) is 2.79. The predicted molar refractivity (Wildman–Crippen MR) is 99.6 cm³/mol. The number of hydrogen-bond donors (Lipinski definition) is 0. The van der Waals surface area contributed by atoms with E-state index in [1.54, 1.807) is 41.7 Å². The summed E-state index contributed by atoms with van der Waals surface area (Å²) in [4.78, 5) is 16.9. The minimum Gasteiger partial charge on any atom is -0.490 e. The highest BCUT2D eigenvalue weighted by molar-refractivity contribution is 7.13. The van der Waals surface area contributed by atoms with Gasteiger partial charge in [0.05, 0.1) is 23.8 Å². The Morgan fingerprint density at radius 2 is 1.96 bits per heavy atom. The van der Waals surface area contributed by atoms with Crippen molar-refractivity contribution in [3.8, 4) is 28.1 Å². The van der Waals surface area contributed by atoms with Crippen LogP contribution in [0.15, 0.2) is 47.8 Å². The first-order valence-corrected chi connectivity index (χ1v) is 8.90. The fourth-order valence-corrected chi connectivity index (χ4v) is 3.13. The maximum Gasteiger partial charge on any atom is 0.343 e. The van der Waals surface area contributed by atoms with Crippen LogP contribution < -0.4 is 9.47 Å². The molecule has 6 heteroatoms. The second-order valence-corrected chi connectivity index (χ2v) is 6.33. The van der Waals surface area contributed by atoms with Gasteiger partial charge in [-0.1, -0.05) is 12.1 Å². The second-order valence-electron chi connectivity index (χ2n) is 5.47. The molecule has 0 saturated carbocycles. The molecule has 3 rings (SSSR count). The lowest BCUT2D eigenvalue weighted by atomic mass is 10.1. The third-order valence-corrected chi connectivity index (χ3v) is 4.57. The van der Waals surface area contributed by atoms with Crippen LogP contribution in [0.4, 0.5) is 0 Å². The Balaban J connectivity index is 1.79. The van der Waals surface area contributed by atoms with Gasteiger partial charge < -0.3 is 9.47 Å². The number of nitrogens with zero attached hydrogens (tertiary/aromatic N) is 2. The van der Waals surface area contributed by atoms with Gasteiger partial charge in [0.25, 0.3) is 0 Å². The topological polar surface area (TPSA) is 72.2 Å². The Morgan fingerprint density at radius 1 is 1.19 bits per heavy atom. The molecule has 0 radical (unpaired) electrons. The monoisotopic (exact) mass is 364 g/mol. The van der Waals surface area contributed by atoms with E-state index in [4.69, 9.17) is 14.7 Å². The van der Waals surface area contributed by atoms with Crippen molar-refractivity contribution in [2.75, 3.05) is 6.61 Å². The van der Waals surface area contributed by atoms with Crippen molar-refractivity contribution >= 4 is 17.3 Å². The summed E-state index contributed by atoms with van der Waals surface area (Å²) in [5, 5.41) is 11.9. The zero-order valence-electron chi connectivity index (χ0n) is 14.4. The number of esters is 1. The van der Waals surface area contributed by atoms with Gasteiger partial charge in [-0.2, -0.15) is 5.26 Å². The molecule has 0 atom stereocenters. The van der Waals surface area contributed by atoms with Crippen molar-refractivity contribution in [1.82, 2.24) is 4.98 Å². The highest BCUT2D eigenvalue weighted by Crippen LogP contribution is 2.29. The number of hydrogen-bond acceptors (Lipinski definition) is 6. The number of aromatic nitrogens is 1. The number of benzene rings is 2. The van der Waals surface area contributed by atoms with Gasteiger partial charge >= 0.3 is 5.97 Å². The molecule has 0 fully saturated rings. The average Bonchev–Trinajstić information content (AvgIpc) is 3.10. The van der Waals surface area contributed by atoms with Crippen LogP contribution in [0.5, 0.6) is 11.5 Å². The van der Waals surface area contributed by atoms with E-state index in [0.29, 0.717) is 23.5 Å². The van der Waals surface area contributed by atoms with E-state index in [1.165, 1.54) is 0 Å². The molecule has 3 aromatic rings. The third kappa shape index (κ3) is 3.90. The third-order valence-electron chi connectivity index (χ3n) is 3.56. The minimum atomic E-state index is -0.488. The molecular formula is C20H16N2O3S. The van der Waals surface area contributed by atoms with Gasteiger partial charge in [-0.3, -0.25) is 0 Å². The molecule has 130 valence electrons. The Bertz CT molecular complexity index is 971. The normalized spacial score (nSPS) is 10.2. The highest BCUT2D eigenvalue weighted by atomic mass is 32.1. The maximum atomic E-state index is 12.4. The van der Waals surface area contributed by atoms with E-state index in [2.05, 4.69) is 4.98 Å². The van der Waals surface area contributed by atoms with Crippen molar-refractivity contribution in [3.05, 3.63) is 64.7 Å². The van der Waals surface area contributed by atoms with Crippen LogP contribution in [-0.2, 0) is 0 Å².